The number of benzene rings is 1. The van der Waals surface area contributed by atoms with Crippen molar-refractivity contribution in [1.82, 2.24) is 0 Å². The van der Waals surface area contributed by atoms with Gasteiger partial charge in [-0.2, -0.15) is 0 Å². The predicted molar refractivity (Wildman–Crippen MR) is 78.8 cm³/mol. The van der Waals surface area contributed by atoms with E-state index in [1.165, 1.54) is 16.7 Å². The van der Waals surface area contributed by atoms with Gasteiger partial charge in [0.25, 0.3) is 0 Å². The minimum absolute atomic E-state index is 0.340. The molecule has 0 bridgehead atoms. The molecule has 0 fully saturated rings. The molecule has 1 N–H and O–H groups in total. The highest BCUT2D eigenvalue weighted by atomic mass is 16.3. The number of hydrogen-bond acceptors (Lipinski definition) is 1. The van der Waals surface area contributed by atoms with Crippen molar-refractivity contribution in [2.45, 2.75) is 46.5 Å². The minimum Gasteiger partial charge on any atom is -0.508 e. The molecule has 1 nitrogen and oxygen atoms in total. The van der Waals surface area contributed by atoms with Gasteiger partial charge < -0.3 is 5.11 Å². The molecule has 0 aliphatic heterocycles. The summed E-state index contributed by atoms with van der Waals surface area (Å²) >= 11 is 0. The van der Waals surface area contributed by atoms with Crippen LogP contribution in [0.1, 0.15) is 45.6 Å². The first-order valence-corrected chi connectivity index (χ1v) is 6.65. The summed E-state index contributed by atoms with van der Waals surface area (Å²) in [4.78, 5) is 0. The summed E-state index contributed by atoms with van der Waals surface area (Å²) in [7, 11) is 0. The summed E-state index contributed by atoms with van der Waals surface area (Å²) in [6.45, 7) is 6.49. The highest BCUT2D eigenvalue weighted by Crippen LogP contribution is 2.13. The van der Waals surface area contributed by atoms with Gasteiger partial charge in [0.1, 0.15) is 5.75 Å². The maximum absolute atomic E-state index is 9.19. The van der Waals surface area contributed by atoms with Crippen LogP contribution in [0.15, 0.2) is 47.6 Å². The summed E-state index contributed by atoms with van der Waals surface area (Å²) in [5.74, 6) is 0.340. The van der Waals surface area contributed by atoms with Gasteiger partial charge in [-0.05, 0) is 64.2 Å². The van der Waals surface area contributed by atoms with Gasteiger partial charge in [-0.1, -0.05) is 35.4 Å². The molecule has 0 unspecified atom stereocenters. The van der Waals surface area contributed by atoms with Crippen LogP contribution in [0.4, 0.5) is 0 Å². The van der Waals surface area contributed by atoms with Gasteiger partial charge >= 0.3 is 0 Å². The molecule has 0 atom stereocenters. The van der Waals surface area contributed by atoms with Crippen molar-refractivity contribution in [2.24, 2.45) is 0 Å². The van der Waals surface area contributed by atoms with Crippen LogP contribution in [0.3, 0.4) is 0 Å². The molecule has 1 aromatic carbocycles. The quantitative estimate of drug-likeness (QED) is 0.697. The maximum atomic E-state index is 9.19. The van der Waals surface area contributed by atoms with E-state index in [0.29, 0.717) is 5.75 Å². The van der Waals surface area contributed by atoms with Crippen molar-refractivity contribution >= 4 is 0 Å². The summed E-state index contributed by atoms with van der Waals surface area (Å²) in [6, 6.07) is 7.48. The van der Waals surface area contributed by atoms with E-state index in [-0.39, 0.29) is 0 Å². The fraction of sp³-hybridized carbons (Fsp3) is 0.412. The van der Waals surface area contributed by atoms with Gasteiger partial charge in [0.15, 0.2) is 0 Å². The number of allylic oxidation sites excluding steroid dienone is 4. The predicted octanol–water partition coefficient (Wildman–Crippen LogP) is 5.02. The number of aromatic hydroxyl groups is 1. The van der Waals surface area contributed by atoms with Crippen molar-refractivity contribution < 1.29 is 5.11 Å². The van der Waals surface area contributed by atoms with Crippen LogP contribution < -0.4 is 0 Å². The van der Waals surface area contributed by atoms with Crippen LogP contribution in [-0.2, 0) is 6.42 Å². The third kappa shape index (κ3) is 6.29. The van der Waals surface area contributed by atoms with E-state index < -0.39 is 0 Å². The minimum atomic E-state index is 0.340. The molecule has 0 heterocycles. The van der Waals surface area contributed by atoms with E-state index in [2.05, 4.69) is 32.9 Å². The Balaban J connectivity index is 2.31. The monoisotopic (exact) mass is 244 g/mol. The molecule has 1 aromatic rings. The molecule has 98 valence electrons. The molecule has 0 amide bonds. The lowest BCUT2D eigenvalue weighted by molar-refractivity contribution is 0.475. The van der Waals surface area contributed by atoms with Gasteiger partial charge in [-0.15, -0.1) is 0 Å². The molecular weight excluding hydrogens is 220 g/mol. The van der Waals surface area contributed by atoms with Crippen molar-refractivity contribution in [1.29, 1.82) is 0 Å². The summed E-state index contributed by atoms with van der Waals surface area (Å²) in [5, 5.41) is 9.19. The zero-order chi connectivity index (χ0) is 13.4. The maximum Gasteiger partial charge on any atom is 0.115 e. The lowest BCUT2D eigenvalue weighted by atomic mass is 10.1. The Labute approximate surface area is 111 Å². The van der Waals surface area contributed by atoms with Crippen LogP contribution in [0.2, 0.25) is 0 Å². The largest absolute Gasteiger partial charge is 0.508 e. The molecule has 0 saturated carbocycles. The average molecular weight is 244 g/mol. The lowest BCUT2D eigenvalue weighted by Gasteiger charge is -2.01. The smallest absolute Gasteiger partial charge is 0.115 e. The van der Waals surface area contributed by atoms with E-state index in [9.17, 15) is 5.11 Å². The van der Waals surface area contributed by atoms with Crippen LogP contribution in [0.25, 0.3) is 0 Å². The third-order valence-electron chi connectivity index (χ3n) is 2.95. The number of phenolic OH excluding ortho intramolecular Hbond substituents is 1. The summed E-state index contributed by atoms with van der Waals surface area (Å²) < 4.78 is 0. The van der Waals surface area contributed by atoms with Crippen LogP contribution in [-0.4, -0.2) is 5.11 Å². The first-order valence-electron chi connectivity index (χ1n) is 6.65. The third-order valence-corrected chi connectivity index (χ3v) is 2.95. The molecule has 0 radical (unpaired) electrons. The molecule has 1 heteroatoms. The van der Waals surface area contributed by atoms with Crippen molar-refractivity contribution in [3.8, 4) is 5.75 Å². The van der Waals surface area contributed by atoms with Gasteiger partial charge in [-0.25, -0.2) is 0 Å². The number of hydrogen-bond donors (Lipinski definition) is 1. The first kappa shape index (κ1) is 14.6. The Morgan fingerprint density at radius 1 is 1.00 bits per heavy atom. The molecule has 0 aromatic heterocycles. The Morgan fingerprint density at radius 2 is 1.67 bits per heavy atom. The second-order valence-electron chi connectivity index (χ2n) is 5.08. The Hall–Kier alpha value is -1.50. The molecule has 1 rings (SSSR count). The SMILES string of the molecule is CC(C)=CCCC(C)=CCCc1ccc(O)cc1. The number of rotatable bonds is 6. The highest BCUT2D eigenvalue weighted by Gasteiger charge is 1.93. The van der Waals surface area contributed by atoms with Gasteiger partial charge in [0, 0.05) is 0 Å². The van der Waals surface area contributed by atoms with Gasteiger partial charge in [0.05, 0.1) is 0 Å². The Morgan fingerprint density at radius 3 is 2.28 bits per heavy atom. The molecule has 18 heavy (non-hydrogen) atoms. The second-order valence-corrected chi connectivity index (χ2v) is 5.08. The summed E-state index contributed by atoms with van der Waals surface area (Å²) in [6.07, 6.45) is 9.03. The van der Waals surface area contributed by atoms with E-state index in [1.54, 1.807) is 12.1 Å². The standard InChI is InChI=1S/C17H24O/c1-14(2)6-4-7-15(3)8-5-9-16-10-12-17(18)13-11-16/h6,8,10-13,18H,4-5,7,9H2,1-3H3. The van der Waals surface area contributed by atoms with E-state index >= 15 is 0 Å². The van der Waals surface area contributed by atoms with Crippen LogP contribution in [0.5, 0.6) is 5.75 Å². The molecule has 0 aliphatic carbocycles. The lowest BCUT2D eigenvalue weighted by Crippen LogP contribution is -1.84. The zero-order valence-corrected chi connectivity index (χ0v) is 11.7. The van der Waals surface area contributed by atoms with Gasteiger partial charge in [0.2, 0.25) is 0 Å². The van der Waals surface area contributed by atoms with E-state index in [1.807, 2.05) is 12.1 Å². The average Bonchev–Trinajstić information content (AvgIpc) is 2.31. The fourth-order valence-corrected chi connectivity index (χ4v) is 1.84. The van der Waals surface area contributed by atoms with Crippen LogP contribution >= 0.6 is 0 Å². The topological polar surface area (TPSA) is 20.2 Å². The first-order chi connectivity index (χ1) is 8.58. The zero-order valence-electron chi connectivity index (χ0n) is 11.7. The second kappa shape index (κ2) is 7.75. The van der Waals surface area contributed by atoms with Crippen molar-refractivity contribution in [3.63, 3.8) is 0 Å². The molecule has 0 saturated heterocycles. The molecule has 0 aliphatic rings. The molecular formula is C17H24O. The van der Waals surface area contributed by atoms with Gasteiger partial charge in [-0.3, -0.25) is 0 Å². The highest BCUT2D eigenvalue weighted by molar-refractivity contribution is 5.26. The summed E-state index contributed by atoms with van der Waals surface area (Å²) in [5.41, 5.74) is 4.14. The van der Waals surface area contributed by atoms with Crippen molar-refractivity contribution in [2.75, 3.05) is 0 Å². The normalized spacial score (nSPS) is 11.4. The van der Waals surface area contributed by atoms with Crippen LogP contribution in [0, 0.1) is 0 Å². The van der Waals surface area contributed by atoms with Crippen molar-refractivity contribution in [3.05, 3.63) is 53.1 Å². The Kier molecular flexibility index (Phi) is 6.27. The fourth-order valence-electron chi connectivity index (χ4n) is 1.84. The molecule has 0 spiro atoms. The van der Waals surface area contributed by atoms with E-state index in [4.69, 9.17) is 0 Å². The number of phenols is 1. The Bertz CT molecular complexity index is 406. The van der Waals surface area contributed by atoms with E-state index in [0.717, 1.165) is 25.7 Å². The number of aryl methyl sites for hydroxylation is 1.